The van der Waals surface area contributed by atoms with Crippen LogP contribution in [0, 0.1) is 0 Å². The monoisotopic (exact) mass is 216 g/mol. The average molecular weight is 216 g/mol. The quantitative estimate of drug-likeness (QED) is 0.736. The van der Waals surface area contributed by atoms with Crippen molar-refractivity contribution in [2.24, 2.45) is 5.73 Å². The number of likely N-dealkylation sites (tertiary alicyclic amines) is 1. The van der Waals surface area contributed by atoms with Crippen molar-refractivity contribution in [1.29, 1.82) is 0 Å². The first-order valence-electron chi connectivity index (χ1n) is 5.61. The van der Waals surface area contributed by atoms with E-state index in [0.717, 1.165) is 38.2 Å². The van der Waals surface area contributed by atoms with Gasteiger partial charge in [-0.15, -0.1) is 0 Å². The molecule has 1 saturated carbocycles. The molecular weight excluding hydrogens is 196 g/mol. The normalized spacial score (nSPS) is 27.8. The molecule has 4 heteroatoms. The van der Waals surface area contributed by atoms with Crippen LogP contribution in [0.5, 0.6) is 0 Å². The van der Waals surface area contributed by atoms with Crippen LogP contribution in [0.25, 0.3) is 0 Å². The molecule has 0 amide bonds. The number of piperidine rings is 1. The fraction of sp³-hybridized carbons (Fsp3) is 1.00. The summed E-state index contributed by atoms with van der Waals surface area (Å²) in [5, 5.41) is 0.544. The summed E-state index contributed by atoms with van der Waals surface area (Å²) in [6, 6.07) is 0.403. The number of nitrogens with zero attached hydrogens (tertiary/aromatic N) is 1. The predicted molar refractivity (Wildman–Crippen MR) is 59.7 cm³/mol. The van der Waals surface area contributed by atoms with Gasteiger partial charge in [0.2, 0.25) is 0 Å². The summed E-state index contributed by atoms with van der Waals surface area (Å²) < 4.78 is 11.6. The van der Waals surface area contributed by atoms with Crippen molar-refractivity contribution in [1.82, 2.24) is 4.90 Å². The van der Waals surface area contributed by atoms with Gasteiger partial charge in [0.25, 0.3) is 0 Å². The SMILES string of the molecule is NC1CCN(CCS(=O)C2CC2)CC1. The summed E-state index contributed by atoms with van der Waals surface area (Å²) in [6.45, 7) is 3.21. The third-order valence-electron chi connectivity index (χ3n) is 3.14. The Labute approximate surface area is 88.5 Å². The van der Waals surface area contributed by atoms with Gasteiger partial charge < -0.3 is 10.6 Å². The fourth-order valence-electron chi connectivity index (χ4n) is 1.89. The van der Waals surface area contributed by atoms with E-state index in [1.165, 1.54) is 12.8 Å². The summed E-state index contributed by atoms with van der Waals surface area (Å²) in [5.74, 6) is 0.875. The molecular formula is C10H20N2OS. The van der Waals surface area contributed by atoms with E-state index >= 15 is 0 Å². The molecule has 82 valence electrons. The zero-order chi connectivity index (χ0) is 9.97. The molecule has 0 bridgehead atoms. The minimum absolute atomic E-state index is 0.403. The van der Waals surface area contributed by atoms with Gasteiger partial charge in [0.15, 0.2) is 0 Å². The lowest BCUT2D eigenvalue weighted by molar-refractivity contribution is 0.224. The van der Waals surface area contributed by atoms with E-state index < -0.39 is 10.8 Å². The van der Waals surface area contributed by atoms with Crippen LogP contribution in [0.4, 0.5) is 0 Å². The molecule has 2 N–H and O–H groups in total. The number of nitrogens with two attached hydrogens (primary N) is 1. The highest BCUT2D eigenvalue weighted by atomic mass is 32.2. The molecule has 0 aromatic rings. The fourth-order valence-corrected chi connectivity index (χ4v) is 3.33. The topological polar surface area (TPSA) is 46.3 Å². The van der Waals surface area contributed by atoms with E-state index in [9.17, 15) is 4.21 Å². The van der Waals surface area contributed by atoms with Crippen LogP contribution in [-0.4, -0.2) is 45.8 Å². The van der Waals surface area contributed by atoms with Crippen molar-refractivity contribution in [2.45, 2.75) is 37.0 Å². The van der Waals surface area contributed by atoms with Crippen molar-refractivity contribution >= 4 is 10.8 Å². The van der Waals surface area contributed by atoms with E-state index in [-0.39, 0.29) is 0 Å². The molecule has 1 saturated heterocycles. The predicted octanol–water partition coefficient (Wildman–Crippen LogP) is 0.321. The molecule has 14 heavy (non-hydrogen) atoms. The molecule has 1 atom stereocenters. The van der Waals surface area contributed by atoms with Crippen molar-refractivity contribution < 1.29 is 4.21 Å². The van der Waals surface area contributed by atoms with Gasteiger partial charge in [-0.1, -0.05) is 0 Å². The highest BCUT2D eigenvalue weighted by molar-refractivity contribution is 7.85. The van der Waals surface area contributed by atoms with Crippen molar-refractivity contribution in [3.05, 3.63) is 0 Å². The lowest BCUT2D eigenvalue weighted by Gasteiger charge is -2.29. The summed E-state index contributed by atoms with van der Waals surface area (Å²) >= 11 is 0. The van der Waals surface area contributed by atoms with Crippen LogP contribution in [0.2, 0.25) is 0 Å². The standard InChI is InChI=1S/C10H20N2OS/c11-9-3-5-12(6-4-9)7-8-14(13)10-1-2-10/h9-10H,1-8,11H2. The van der Waals surface area contributed by atoms with E-state index in [1.807, 2.05) is 0 Å². The summed E-state index contributed by atoms with van der Waals surface area (Å²) in [7, 11) is -0.544. The summed E-state index contributed by atoms with van der Waals surface area (Å²) in [5.41, 5.74) is 5.82. The van der Waals surface area contributed by atoms with E-state index in [0.29, 0.717) is 11.3 Å². The van der Waals surface area contributed by atoms with Crippen LogP contribution in [-0.2, 0) is 10.8 Å². The van der Waals surface area contributed by atoms with Gasteiger partial charge in [-0.3, -0.25) is 4.21 Å². The highest BCUT2D eigenvalue weighted by Gasteiger charge is 2.28. The minimum Gasteiger partial charge on any atom is -0.328 e. The second-order valence-electron chi connectivity index (χ2n) is 4.46. The Kier molecular flexibility index (Phi) is 3.57. The molecule has 0 spiro atoms. The first kappa shape index (κ1) is 10.6. The van der Waals surface area contributed by atoms with Crippen LogP contribution in [0.3, 0.4) is 0 Å². The maximum Gasteiger partial charge on any atom is 0.0365 e. The lowest BCUT2D eigenvalue weighted by Crippen LogP contribution is -2.41. The molecule has 1 heterocycles. The lowest BCUT2D eigenvalue weighted by atomic mass is 10.1. The maximum atomic E-state index is 11.6. The van der Waals surface area contributed by atoms with E-state index in [4.69, 9.17) is 5.73 Å². The first-order valence-corrected chi connectivity index (χ1v) is 6.99. The van der Waals surface area contributed by atoms with Crippen LogP contribution in [0.15, 0.2) is 0 Å². The minimum atomic E-state index is -0.544. The second kappa shape index (κ2) is 4.73. The van der Waals surface area contributed by atoms with Gasteiger partial charge in [0.1, 0.15) is 0 Å². The van der Waals surface area contributed by atoms with Gasteiger partial charge in [0.05, 0.1) is 0 Å². The molecule has 2 aliphatic rings. The highest BCUT2D eigenvalue weighted by Crippen LogP contribution is 2.26. The Hall–Kier alpha value is 0.0700. The Morgan fingerprint density at radius 1 is 1.21 bits per heavy atom. The van der Waals surface area contributed by atoms with E-state index in [2.05, 4.69) is 4.90 Å². The Balaban J connectivity index is 1.62. The van der Waals surface area contributed by atoms with Gasteiger partial charge >= 0.3 is 0 Å². The zero-order valence-electron chi connectivity index (χ0n) is 8.65. The number of rotatable bonds is 4. The smallest absolute Gasteiger partial charge is 0.0365 e. The molecule has 3 nitrogen and oxygen atoms in total. The molecule has 1 unspecified atom stereocenters. The van der Waals surface area contributed by atoms with Gasteiger partial charge in [0, 0.05) is 34.4 Å². The van der Waals surface area contributed by atoms with Gasteiger partial charge in [-0.2, -0.15) is 0 Å². The Morgan fingerprint density at radius 3 is 2.43 bits per heavy atom. The van der Waals surface area contributed by atoms with Gasteiger partial charge in [-0.05, 0) is 38.8 Å². The van der Waals surface area contributed by atoms with Crippen LogP contribution < -0.4 is 5.73 Å². The molecule has 0 aromatic carbocycles. The summed E-state index contributed by atoms with van der Waals surface area (Å²) in [4.78, 5) is 2.41. The van der Waals surface area contributed by atoms with Crippen molar-refractivity contribution in [2.75, 3.05) is 25.4 Å². The van der Waals surface area contributed by atoms with E-state index in [1.54, 1.807) is 0 Å². The first-order chi connectivity index (χ1) is 6.75. The maximum absolute atomic E-state index is 11.6. The van der Waals surface area contributed by atoms with Crippen molar-refractivity contribution in [3.63, 3.8) is 0 Å². The molecule has 0 radical (unpaired) electrons. The average Bonchev–Trinajstić information content (AvgIpc) is 3.00. The molecule has 1 aliphatic heterocycles. The Morgan fingerprint density at radius 2 is 1.86 bits per heavy atom. The number of hydrogen-bond acceptors (Lipinski definition) is 3. The third kappa shape index (κ3) is 3.04. The molecule has 2 rings (SSSR count). The largest absolute Gasteiger partial charge is 0.328 e. The second-order valence-corrected chi connectivity index (χ2v) is 6.30. The Bertz CT molecular complexity index is 210. The third-order valence-corrected chi connectivity index (χ3v) is 4.94. The number of hydrogen-bond donors (Lipinski definition) is 1. The van der Waals surface area contributed by atoms with Crippen molar-refractivity contribution in [3.8, 4) is 0 Å². The zero-order valence-corrected chi connectivity index (χ0v) is 9.47. The van der Waals surface area contributed by atoms with Crippen LogP contribution in [0.1, 0.15) is 25.7 Å². The molecule has 2 fully saturated rings. The molecule has 0 aromatic heterocycles. The molecule has 1 aliphatic carbocycles. The summed E-state index contributed by atoms with van der Waals surface area (Å²) in [6.07, 6.45) is 4.60. The van der Waals surface area contributed by atoms with Crippen LogP contribution >= 0.6 is 0 Å². The van der Waals surface area contributed by atoms with Gasteiger partial charge in [-0.25, -0.2) is 0 Å².